The largest absolute Gasteiger partial charge is 0.350 e. The van der Waals surface area contributed by atoms with Crippen molar-refractivity contribution in [3.8, 4) is 0 Å². The lowest BCUT2D eigenvalue weighted by atomic mass is 10.0. The number of amides is 2. The molecule has 1 aliphatic rings. The molecule has 1 aliphatic heterocycles. The molecule has 0 aliphatic carbocycles. The standard InChI is InChI=1S/C24H31N3O2/c1-4-26(5-2)22(19-10-8-18(3)9-11-19)17-25-24(29)20-12-14-21(15-13-20)27-16-6-7-23(27)28/h8-15,22H,4-7,16-17H2,1-3H3,(H,25,29). The van der Waals surface area contributed by atoms with E-state index in [9.17, 15) is 9.59 Å². The van der Waals surface area contributed by atoms with Gasteiger partial charge in [-0.2, -0.15) is 0 Å². The second kappa shape index (κ2) is 9.70. The summed E-state index contributed by atoms with van der Waals surface area (Å²) in [5.41, 5.74) is 3.92. The lowest BCUT2D eigenvalue weighted by Crippen LogP contribution is -2.38. The van der Waals surface area contributed by atoms with Crippen molar-refractivity contribution in [1.82, 2.24) is 10.2 Å². The first-order valence-electron chi connectivity index (χ1n) is 10.5. The first-order valence-corrected chi connectivity index (χ1v) is 10.5. The average Bonchev–Trinajstić information content (AvgIpc) is 3.17. The molecule has 1 fully saturated rings. The van der Waals surface area contributed by atoms with Gasteiger partial charge in [-0.3, -0.25) is 14.5 Å². The Labute approximate surface area is 173 Å². The second-order valence-electron chi connectivity index (χ2n) is 7.55. The van der Waals surface area contributed by atoms with Gasteiger partial charge in [0.25, 0.3) is 5.91 Å². The summed E-state index contributed by atoms with van der Waals surface area (Å²) in [6.45, 7) is 9.52. The zero-order chi connectivity index (χ0) is 20.8. The SMILES string of the molecule is CCN(CC)C(CNC(=O)c1ccc(N2CCCC2=O)cc1)c1ccc(C)cc1. The minimum absolute atomic E-state index is 0.0893. The summed E-state index contributed by atoms with van der Waals surface area (Å²) in [6.07, 6.45) is 1.50. The fourth-order valence-electron chi connectivity index (χ4n) is 3.92. The lowest BCUT2D eigenvalue weighted by Gasteiger charge is -2.30. The van der Waals surface area contributed by atoms with Crippen molar-refractivity contribution in [2.24, 2.45) is 0 Å². The highest BCUT2D eigenvalue weighted by atomic mass is 16.2. The van der Waals surface area contributed by atoms with Crippen LogP contribution in [0.15, 0.2) is 48.5 Å². The number of carbonyl (C=O) groups excluding carboxylic acids is 2. The minimum Gasteiger partial charge on any atom is -0.350 e. The van der Waals surface area contributed by atoms with Crippen molar-refractivity contribution >= 4 is 17.5 Å². The van der Waals surface area contributed by atoms with Crippen LogP contribution in [-0.4, -0.2) is 42.9 Å². The zero-order valence-electron chi connectivity index (χ0n) is 17.6. The van der Waals surface area contributed by atoms with E-state index in [1.807, 2.05) is 12.1 Å². The van der Waals surface area contributed by atoms with Crippen molar-refractivity contribution in [1.29, 1.82) is 0 Å². The number of nitrogens with one attached hydrogen (secondary N) is 1. The van der Waals surface area contributed by atoms with Crippen LogP contribution in [0.5, 0.6) is 0 Å². The Morgan fingerprint density at radius 1 is 1.07 bits per heavy atom. The summed E-state index contributed by atoms with van der Waals surface area (Å²) in [6, 6.07) is 16.0. The summed E-state index contributed by atoms with van der Waals surface area (Å²) >= 11 is 0. The fourth-order valence-corrected chi connectivity index (χ4v) is 3.92. The van der Waals surface area contributed by atoms with E-state index in [-0.39, 0.29) is 17.9 Å². The molecule has 0 bridgehead atoms. The van der Waals surface area contributed by atoms with Gasteiger partial charge in [-0.1, -0.05) is 43.7 Å². The van der Waals surface area contributed by atoms with Crippen LogP contribution in [-0.2, 0) is 4.79 Å². The molecule has 3 rings (SSSR count). The van der Waals surface area contributed by atoms with E-state index in [0.717, 1.165) is 31.7 Å². The lowest BCUT2D eigenvalue weighted by molar-refractivity contribution is -0.117. The molecule has 0 radical (unpaired) electrons. The van der Waals surface area contributed by atoms with Gasteiger partial charge in [-0.15, -0.1) is 0 Å². The monoisotopic (exact) mass is 393 g/mol. The molecule has 1 saturated heterocycles. The fraction of sp³-hybridized carbons (Fsp3) is 0.417. The van der Waals surface area contributed by atoms with Gasteiger partial charge in [0, 0.05) is 30.8 Å². The third-order valence-electron chi connectivity index (χ3n) is 5.69. The Morgan fingerprint density at radius 2 is 1.72 bits per heavy atom. The van der Waals surface area contributed by atoms with Crippen molar-refractivity contribution in [2.45, 2.75) is 39.7 Å². The summed E-state index contributed by atoms with van der Waals surface area (Å²) in [7, 11) is 0. The number of hydrogen-bond donors (Lipinski definition) is 1. The van der Waals surface area contributed by atoms with Crippen molar-refractivity contribution in [3.63, 3.8) is 0 Å². The van der Waals surface area contributed by atoms with Crippen molar-refractivity contribution < 1.29 is 9.59 Å². The summed E-state index contributed by atoms with van der Waals surface area (Å²) < 4.78 is 0. The Morgan fingerprint density at radius 3 is 2.28 bits per heavy atom. The Hall–Kier alpha value is -2.66. The topological polar surface area (TPSA) is 52.7 Å². The quantitative estimate of drug-likeness (QED) is 0.739. The van der Waals surface area contributed by atoms with E-state index in [2.05, 4.69) is 55.3 Å². The molecular formula is C24H31N3O2. The number of nitrogens with zero attached hydrogens (tertiary/aromatic N) is 2. The van der Waals surface area contributed by atoms with Gasteiger partial charge in [0.05, 0.1) is 6.04 Å². The van der Waals surface area contributed by atoms with E-state index < -0.39 is 0 Å². The number of likely N-dealkylation sites (N-methyl/N-ethyl adjacent to an activating group) is 1. The predicted octanol–water partition coefficient (Wildman–Crippen LogP) is 3.93. The molecule has 5 heteroatoms. The van der Waals surface area contributed by atoms with Gasteiger partial charge < -0.3 is 10.2 Å². The number of benzene rings is 2. The molecule has 1 atom stereocenters. The Kier molecular flexibility index (Phi) is 7.04. The number of hydrogen-bond acceptors (Lipinski definition) is 3. The maximum absolute atomic E-state index is 12.7. The van der Waals surface area contributed by atoms with Crippen LogP contribution >= 0.6 is 0 Å². The molecule has 0 saturated carbocycles. The number of anilines is 1. The summed E-state index contributed by atoms with van der Waals surface area (Å²) in [5.74, 6) is 0.0657. The van der Waals surface area contributed by atoms with Gasteiger partial charge in [0.2, 0.25) is 5.91 Å². The third-order valence-corrected chi connectivity index (χ3v) is 5.69. The second-order valence-corrected chi connectivity index (χ2v) is 7.55. The highest BCUT2D eigenvalue weighted by Crippen LogP contribution is 2.23. The summed E-state index contributed by atoms with van der Waals surface area (Å²) in [4.78, 5) is 28.8. The molecule has 154 valence electrons. The molecule has 2 aromatic carbocycles. The highest BCUT2D eigenvalue weighted by molar-refractivity contribution is 5.97. The molecule has 1 N–H and O–H groups in total. The number of carbonyl (C=O) groups is 2. The summed E-state index contributed by atoms with van der Waals surface area (Å²) in [5, 5.41) is 3.10. The van der Waals surface area contributed by atoms with Crippen LogP contribution < -0.4 is 10.2 Å². The molecule has 29 heavy (non-hydrogen) atoms. The van der Waals surface area contributed by atoms with E-state index in [0.29, 0.717) is 18.5 Å². The smallest absolute Gasteiger partial charge is 0.251 e. The Bertz CT molecular complexity index is 826. The van der Waals surface area contributed by atoms with Crippen LogP contribution in [0.25, 0.3) is 0 Å². The van der Waals surface area contributed by atoms with Gasteiger partial charge in [0.15, 0.2) is 0 Å². The normalized spacial score (nSPS) is 15.0. The van der Waals surface area contributed by atoms with Gasteiger partial charge in [0.1, 0.15) is 0 Å². The van der Waals surface area contributed by atoms with E-state index >= 15 is 0 Å². The number of aryl methyl sites for hydroxylation is 1. The molecule has 1 heterocycles. The first-order chi connectivity index (χ1) is 14.0. The van der Waals surface area contributed by atoms with E-state index in [1.165, 1.54) is 11.1 Å². The maximum Gasteiger partial charge on any atom is 0.251 e. The molecular weight excluding hydrogens is 362 g/mol. The van der Waals surface area contributed by atoms with Crippen LogP contribution in [0.2, 0.25) is 0 Å². The van der Waals surface area contributed by atoms with Crippen LogP contribution in [0.3, 0.4) is 0 Å². The molecule has 0 aromatic heterocycles. The van der Waals surface area contributed by atoms with Crippen LogP contribution in [0.1, 0.15) is 54.2 Å². The average molecular weight is 394 g/mol. The molecule has 2 amide bonds. The van der Waals surface area contributed by atoms with Gasteiger partial charge >= 0.3 is 0 Å². The maximum atomic E-state index is 12.7. The number of rotatable bonds is 8. The Balaban J connectivity index is 1.67. The van der Waals surface area contributed by atoms with Crippen LogP contribution in [0, 0.1) is 6.92 Å². The molecule has 5 nitrogen and oxygen atoms in total. The van der Waals surface area contributed by atoms with Crippen molar-refractivity contribution in [2.75, 3.05) is 31.1 Å². The van der Waals surface area contributed by atoms with Gasteiger partial charge in [-0.25, -0.2) is 0 Å². The van der Waals surface area contributed by atoms with Gasteiger partial charge in [-0.05, 0) is 56.3 Å². The van der Waals surface area contributed by atoms with Crippen molar-refractivity contribution in [3.05, 3.63) is 65.2 Å². The van der Waals surface area contributed by atoms with E-state index in [4.69, 9.17) is 0 Å². The molecule has 0 spiro atoms. The highest BCUT2D eigenvalue weighted by Gasteiger charge is 2.22. The molecule has 1 unspecified atom stereocenters. The zero-order valence-corrected chi connectivity index (χ0v) is 17.6. The van der Waals surface area contributed by atoms with E-state index in [1.54, 1.807) is 17.0 Å². The van der Waals surface area contributed by atoms with Crippen LogP contribution in [0.4, 0.5) is 5.69 Å². The first kappa shape index (κ1) is 21.1. The third kappa shape index (κ3) is 5.04. The minimum atomic E-state index is -0.0893. The molecule has 2 aromatic rings. The predicted molar refractivity (Wildman–Crippen MR) is 117 cm³/mol.